The van der Waals surface area contributed by atoms with Gasteiger partial charge in [0.25, 0.3) is 0 Å². The Balaban J connectivity index is 3.82. The molecule has 0 saturated carbocycles. The molecule has 0 saturated heterocycles. The fourth-order valence-electron chi connectivity index (χ4n) is 6.03. The molecule has 0 aromatic carbocycles. The van der Waals surface area contributed by atoms with E-state index in [1.54, 1.807) is 0 Å². The minimum Gasteiger partial charge on any atom is -0.392 e. The van der Waals surface area contributed by atoms with Crippen molar-refractivity contribution in [3.05, 3.63) is 0 Å². The number of carbonyl (C=O) groups excluding carboxylic acids is 1. The van der Waals surface area contributed by atoms with Crippen molar-refractivity contribution in [3.8, 4) is 0 Å². The summed E-state index contributed by atoms with van der Waals surface area (Å²) in [4.78, 5) is 12.8. The van der Waals surface area contributed by atoms with Crippen LogP contribution in [0.15, 0.2) is 0 Å². The summed E-state index contributed by atoms with van der Waals surface area (Å²) in [6.07, 6.45) is 31.1. The smallest absolute Gasteiger partial charge is 0.170 e. The van der Waals surface area contributed by atoms with Gasteiger partial charge in [0.1, 0.15) is 12.3 Å². The molecule has 0 amide bonds. The molecule has 0 aromatic heterocycles. The van der Waals surface area contributed by atoms with Crippen molar-refractivity contribution in [2.24, 2.45) is 11.7 Å². The fourth-order valence-corrected chi connectivity index (χ4v) is 6.03. The molecular weight excluding hydrogens is 510 g/mol. The zero-order valence-corrected chi connectivity index (χ0v) is 27.6. The topological polar surface area (TPSA) is 104 Å². The van der Waals surface area contributed by atoms with E-state index in [-0.39, 0.29) is 0 Å². The first-order valence-electron chi connectivity index (χ1n) is 18.3. The van der Waals surface area contributed by atoms with Crippen molar-refractivity contribution in [2.45, 2.75) is 218 Å². The quantitative estimate of drug-likeness (QED) is 0.0455. The number of aliphatic hydroxyl groups is 3. The maximum Gasteiger partial charge on any atom is 0.170 e. The van der Waals surface area contributed by atoms with Gasteiger partial charge < -0.3 is 21.1 Å². The molecule has 1 unspecified atom stereocenters. The van der Waals surface area contributed by atoms with E-state index in [9.17, 15) is 20.1 Å². The molecule has 4 atom stereocenters. The lowest BCUT2D eigenvalue weighted by Gasteiger charge is -2.26. The highest BCUT2D eigenvalue weighted by molar-refractivity contribution is 5.86. The minimum atomic E-state index is -1.44. The SMILES string of the molecule is CCCCCCCCCCCCCCCC[C@H](O)C(=O)[C@H](C(N)O)[C@H](O)CCCCCCCCCCCCCCC. The first kappa shape index (κ1) is 40.5. The van der Waals surface area contributed by atoms with Gasteiger partial charge in [-0.15, -0.1) is 0 Å². The molecule has 0 aromatic rings. The second-order valence-electron chi connectivity index (χ2n) is 12.9. The molecular formula is C36H73NO4. The van der Waals surface area contributed by atoms with Crippen LogP contribution in [0.2, 0.25) is 0 Å². The van der Waals surface area contributed by atoms with Crippen LogP contribution in [0.1, 0.15) is 200 Å². The van der Waals surface area contributed by atoms with E-state index in [4.69, 9.17) is 5.73 Å². The van der Waals surface area contributed by atoms with Gasteiger partial charge in [-0.1, -0.05) is 187 Å². The van der Waals surface area contributed by atoms with Crippen LogP contribution in [0.3, 0.4) is 0 Å². The molecule has 0 aliphatic heterocycles. The van der Waals surface area contributed by atoms with E-state index in [0.29, 0.717) is 12.8 Å². The molecule has 0 heterocycles. The average molecular weight is 584 g/mol. The number of hydrogen-bond donors (Lipinski definition) is 4. The second-order valence-corrected chi connectivity index (χ2v) is 12.9. The van der Waals surface area contributed by atoms with Crippen LogP contribution in [0, 0.1) is 5.92 Å². The van der Waals surface area contributed by atoms with Gasteiger partial charge in [0.15, 0.2) is 5.78 Å². The Hall–Kier alpha value is -0.490. The number of ketones is 1. The Bertz CT molecular complexity index is 542. The Morgan fingerprint density at radius 1 is 0.463 bits per heavy atom. The predicted octanol–water partition coefficient (Wildman–Crippen LogP) is 9.52. The van der Waals surface area contributed by atoms with Crippen LogP contribution in [0.25, 0.3) is 0 Å². The van der Waals surface area contributed by atoms with Crippen LogP contribution >= 0.6 is 0 Å². The minimum absolute atomic E-state index is 0.381. The van der Waals surface area contributed by atoms with Gasteiger partial charge in [-0.05, 0) is 12.8 Å². The lowest BCUT2D eigenvalue weighted by Crippen LogP contribution is -2.47. The van der Waals surface area contributed by atoms with Crippen molar-refractivity contribution >= 4 is 5.78 Å². The van der Waals surface area contributed by atoms with Gasteiger partial charge in [-0.3, -0.25) is 4.79 Å². The first-order chi connectivity index (χ1) is 20.0. The van der Waals surface area contributed by atoms with Gasteiger partial charge in [0.05, 0.1) is 12.0 Å². The Kier molecular flexibility index (Phi) is 30.6. The fraction of sp³-hybridized carbons (Fsp3) is 0.972. The summed E-state index contributed by atoms with van der Waals surface area (Å²) in [7, 11) is 0. The van der Waals surface area contributed by atoms with Gasteiger partial charge in [0, 0.05) is 0 Å². The Morgan fingerprint density at radius 3 is 1.02 bits per heavy atom. The maximum absolute atomic E-state index is 12.8. The van der Waals surface area contributed by atoms with Crippen LogP contribution in [0.5, 0.6) is 0 Å². The average Bonchev–Trinajstić information content (AvgIpc) is 2.95. The van der Waals surface area contributed by atoms with E-state index in [1.807, 2.05) is 0 Å². The van der Waals surface area contributed by atoms with Gasteiger partial charge in [-0.2, -0.15) is 0 Å². The zero-order chi connectivity index (χ0) is 30.4. The summed E-state index contributed by atoms with van der Waals surface area (Å²) in [5.41, 5.74) is 5.66. The molecule has 41 heavy (non-hydrogen) atoms. The number of aliphatic hydroxyl groups excluding tert-OH is 3. The largest absolute Gasteiger partial charge is 0.392 e. The van der Waals surface area contributed by atoms with E-state index in [2.05, 4.69) is 13.8 Å². The normalized spacial score (nSPS) is 14.7. The van der Waals surface area contributed by atoms with Gasteiger partial charge in [-0.25, -0.2) is 0 Å². The number of unbranched alkanes of at least 4 members (excludes halogenated alkanes) is 25. The van der Waals surface area contributed by atoms with Crippen molar-refractivity contribution in [3.63, 3.8) is 0 Å². The highest BCUT2D eigenvalue weighted by atomic mass is 16.3. The molecule has 5 N–H and O–H groups in total. The first-order valence-corrected chi connectivity index (χ1v) is 18.3. The summed E-state index contributed by atoms with van der Waals surface area (Å²) in [6, 6.07) is 0. The zero-order valence-electron chi connectivity index (χ0n) is 27.6. The van der Waals surface area contributed by atoms with Crippen LogP contribution in [-0.2, 0) is 4.79 Å². The molecule has 0 rings (SSSR count). The molecule has 0 fully saturated rings. The third-order valence-corrected chi connectivity index (χ3v) is 8.87. The monoisotopic (exact) mass is 584 g/mol. The summed E-state index contributed by atoms with van der Waals surface area (Å²) in [5, 5.41) is 31.0. The second kappa shape index (κ2) is 31.0. The number of Topliss-reactive ketones (excluding diaryl/α,β-unsaturated/α-hetero) is 1. The number of carbonyl (C=O) groups is 1. The molecule has 5 heteroatoms. The molecule has 5 nitrogen and oxygen atoms in total. The Morgan fingerprint density at radius 2 is 0.732 bits per heavy atom. The number of nitrogens with two attached hydrogens (primary N) is 1. The summed E-state index contributed by atoms with van der Waals surface area (Å²) < 4.78 is 0. The molecule has 0 spiro atoms. The lowest BCUT2D eigenvalue weighted by molar-refractivity contribution is -0.140. The van der Waals surface area contributed by atoms with Gasteiger partial charge >= 0.3 is 0 Å². The van der Waals surface area contributed by atoms with Crippen molar-refractivity contribution in [2.75, 3.05) is 0 Å². The van der Waals surface area contributed by atoms with Gasteiger partial charge in [0.2, 0.25) is 0 Å². The van der Waals surface area contributed by atoms with Crippen molar-refractivity contribution < 1.29 is 20.1 Å². The lowest BCUT2D eigenvalue weighted by atomic mass is 9.87. The predicted molar refractivity (Wildman–Crippen MR) is 176 cm³/mol. The number of hydrogen-bond acceptors (Lipinski definition) is 5. The third-order valence-electron chi connectivity index (χ3n) is 8.87. The van der Waals surface area contributed by atoms with Crippen LogP contribution in [0.4, 0.5) is 0 Å². The van der Waals surface area contributed by atoms with Crippen molar-refractivity contribution in [1.29, 1.82) is 0 Å². The van der Waals surface area contributed by atoms with E-state index in [0.717, 1.165) is 38.5 Å². The highest BCUT2D eigenvalue weighted by Gasteiger charge is 2.34. The van der Waals surface area contributed by atoms with Crippen LogP contribution < -0.4 is 5.73 Å². The third kappa shape index (κ3) is 25.7. The summed E-state index contributed by atoms with van der Waals surface area (Å²) in [6.45, 7) is 4.52. The number of rotatable bonds is 33. The summed E-state index contributed by atoms with van der Waals surface area (Å²) >= 11 is 0. The van der Waals surface area contributed by atoms with E-state index < -0.39 is 30.1 Å². The maximum atomic E-state index is 12.8. The standard InChI is InChI=1S/C36H73NO4/c1-3-5-7-9-11-13-15-17-19-21-23-25-27-29-31-33(39)35(40)34(36(37)41)32(38)30-28-26-24-22-20-18-16-14-12-10-8-6-4-2/h32-34,36,38-39,41H,3-31,37H2,1-2H3/t32-,33+,34-,36?/m1/s1. The Labute approximate surface area is 255 Å². The molecule has 0 radical (unpaired) electrons. The van der Waals surface area contributed by atoms with E-state index in [1.165, 1.54) is 135 Å². The molecule has 0 aliphatic rings. The molecule has 0 aliphatic carbocycles. The molecule has 0 bridgehead atoms. The molecule has 246 valence electrons. The summed E-state index contributed by atoms with van der Waals surface area (Å²) in [5.74, 6) is -1.61. The van der Waals surface area contributed by atoms with Crippen molar-refractivity contribution in [1.82, 2.24) is 0 Å². The highest BCUT2D eigenvalue weighted by Crippen LogP contribution is 2.21. The van der Waals surface area contributed by atoms with E-state index >= 15 is 0 Å². The van der Waals surface area contributed by atoms with Crippen LogP contribution in [-0.4, -0.2) is 39.5 Å².